The quantitative estimate of drug-likeness (QED) is 0.798. The molecule has 0 saturated carbocycles. The smallest absolute Gasteiger partial charge is 0.0774 e. The Morgan fingerprint density at radius 3 is 2.71 bits per heavy atom. The minimum atomic E-state index is 0.320. The number of hydrogen-bond donors (Lipinski definition) is 1. The molecule has 21 heavy (non-hydrogen) atoms. The molecule has 2 rings (SSSR count). The van der Waals surface area contributed by atoms with Gasteiger partial charge in [0.2, 0.25) is 0 Å². The van der Waals surface area contributed by atoms with Crippen LogP contribution < -0.4 is 5.32 Å². The number of hydrogen-bond acceptors (Lipinski definition) is 2. The first-order valence-corrected chi connectivity index (χ1v) is 8.57. The van der Waals surface area contributed by atoms with Crippen LogP contribution in [0.4, 0.5) is 0 Å². The highest BCUT2D eigenvalue weighted by molar-refractivity contribution is 5.27. The molecule has 2 heteroatoms. The van der Waals surface area contributed by atoms with E-state index in [1.807, 2.05) is 0 Å². The molecular formula is C19H31NO. The van der Waals surface area contributed by atoms with E-state index in [9.17, 15) is 0 Å². The predicted molar refractivity (Wildman–Crippen MR) is 89.6 cm³/mol. The Morgan fingerprint density at radius 1 is 1.29 bits per heavy atom. The van der Waals surface area contributed by atoms with E-state index in [0.29, 0.717) is 24.2 Å². The molecule has 0 aliphatic carbocycles. The molecule has 1 aliphatic heterocycles. The van der Waals surface area contributed by atoms with Crippen molar-refractivity contribution in [2.75, 3.05) is 6.54 Å². The van der Waals surface area contributed by atoms with Crippen molar-refractivity contribution in [1.82, 2.24) is 5.32 Å². The fraction of sp³-hybridized carbons (Fsp3) is 0.684. The van der Waals surface area contributed by atoms with Crippen molar-refractivity contribution >= 4 is 0 Å². The number of ether oxygens (including phenoxy) is 1. The van der Waals surface area contributed by atoms with Crippen molar-refractivity contribution in [3.8, 4) is 0 Å². The molecule has 0 amide bonds. The zero-order valence-corrected chi connectivity index (χ0v) is 14.1. The van der Waals surface area contributed by atoms with Gasteiger partial charge in [-0.15, -0.1) is 0 Å². The van der Waals surface area contributed by atoms with Gasteiger partial charge in [-0.05, 0) is 56.2 Å². The summed E-state index contributed by atoms with van der Waals surface area (Å²) in [7, 11) is 0. The van der Waals surface area contributed by atoms with Gasteiger partial charge in [-0.3, -0.25) is 0 Å². The molecule has 118 valence electrons. The van der Waals surface area contributed by atoms with Crippen LogP contribution in [-0.4, -0.2) is 18.8 Å². The van der Waals surface area contributed by atoms with Gasteiger partial charge in [0.1, 0.15) is 0 Å². The summed E-state index contributed by atoms with van der Waals surface area (Å²) in [5.41, 5.74) is 2.83. The number of benzene rings is 1. The lowest BCUT2D eigenvalue weighted by molar-refractivity contribution is 0.0316. The summed E-state index contributed by atoms with van der Waals surface area (Å²) in [5, 5.41) is 3.70. The van der Waals surface area contributed by atoms with E-state index in [4.69, 9.17) is 4.74 Å². The minimum absolute atomic E-state index is 0.320. The molecule has 1 heterocycles. The second-order valence-electron chi connectivity index (χ2n) is 6.84. The topological polar surface area (TPSA) is 21.3 Å². The van der Waals surface area contributed by atoms with Gasteiger partial charge in [0.15, 0.2) is 0 Å². The Bertz CT molecular complexity index is 429. The molecule has 3 atom stereocenters. The van der Waals surface area contributed by atoms with Crippen molar-refractivity contribution in [2.24, 2.45) is 5.92 Å². The van der Waals surface area contributed by atoms with Crippen LogP contribution in [0.25, 0.3) is 0 Å². The summed E-state index contributed by atoms with van der Waals surface area (Å²) in [6.07, 6.45) is 5.37. The molecule has 0 radical (unpaired) electrons. The highest BCUT2D eigenvalue weighted by atomic mass is 16.5. The Kier molecular flexibility index (Phi) is 6.25. The Hall–Kier alpha value is -0.860. The van der Waals surface area contributed by atoms with Crippen molar-refractivity contribution in [3.05, 3.63) is 35.4 Å². The summed E-state index contributed by atoms with van der Waals surface area (Å²) in [4.78, 5) is 0. The molecule has 1 saturated heterocycles. The van der Waals surface area contributed by atoms with Gasteiger partial charge in [-0.1, -0.05) is 45.0 Å². The molecule has 0 bridgehead atoms. The number of rotatable bonds is 7. The maximum Gasteiger partial charge on any atom is 0.0774 e. The Morgan fingerprint density at radius 2 is 2.10 bits per heavy atom. The van der Waals surface area contributed by atoms with E-state index in [-0.39, 0.29) is 0 Å². The van der Waals surface area contributed by atoms with Gasteiger partial charge in [-0.2, -0.15) is 0 Å². The minimum Gasteiger partial charge on any atom is -0.373 e. The van der Waals surface area contributed by atoms with Gasteiger partial charge in [0.25, 0.3) is 0 Å². The van der Waals surface area contributed by atoms with Crippen LogP contribution in [0.1, 0.15) is 64.1 Å². The van der Waals surface area contributed by atoms with Gasteiger partial charge in [0, 0.05) is 0 Å². The summed E-state index contributed by atoms with van der Waals surface area (Å²) in [6, 6.07) is 9.41. The summed E-state index contributed by atoms with van der Waals surface area (Å²) in [6.45, 7) is 10.0. The zero-order chi connectivity index (χ0) is 15.2. The van der Waals surface area contributed by atoms with Crippen LogP contribution >= 0.6 is 0 Å². The second-order valence-corrected chi connectivity index (χ2v) is 6.84. The molecule has 1 N–H and O–H groups in total. The van der Waals surface area contributed by atoms with E-state index in [1.165, 1.54) is 17.5 Å². The molecule has 3 unspecified atom stereocenters. The first-order valence-electron chi connectivity index (χ1n) is 8.57. The fourth-order valence-electron chi connectivity index (χ4n) is 3.23. The maximum absolute atomic E-state index is 6.13. The first-order chi connectivity index (χ1) is 10.1. The van der Waals surface area contributed by atoms with Crippen LogP contribution in [-0.2, 0) is 11.2 Å². The standard InChI is InChI=1S/C19H31NO/c1-5-11-20-19(18-10-9-15(4)21-18)17-8-6-7-16(13-17)12-14(2)3/h6-8,13-15,18-20H,5,9-12H2,1-4H3. The van der Waals surface area contributed by atoms with Crippen molar-refractivity contribution in [2.45, 2.75) is 71.6 Å². The van der Waals surface area contributed by atoms with Crippen LogP contribution in [0, 0.1) is 5.92 Å². The normalized spacial score (nSPS) is 23.7. The van der Waals surface area contributed by atoms with Crippen LogP contribution in [0.2, 0.25) is 0 Å². The zero-order valence-electron chi connectivity index (χ0n) is 14.1. The molecule has 1 aromatic carbocycles. The fourth-order valence-corrected chi connectivity index (χ4v) is 3.23. The first kappa shape index (κ1) is 16.5. The predicted octanol–water partition coefficient (Wildman–Crippen LogP) is 4.49. The Labute approximate surface area is 130 Å². The molecule has 1 aromatic rings. The third kappa shape index (κ3) is 4.82. The molecular weight excluding hydrogens is 258 g/mol. The van der Waals surface area contributed by atoms with Crippen molar-refractivity contribution in [3.63, 3.8) is 0 Å². The van der Waals surface area contributed by atoms with E-state index >= 15 is 0 Å². The molecule has 2 nitrogen and oxygen atoms in total. The van der Waals surface area contributed by atoms with Crippen molar-refractivity contribution in [1.29, 1.82) is 0 Å². The number of nitrogens with one attached hydrogen (secondary N) is 1. The lowest BCUT2D eigenvalue weighted by atomic mass is 9.94. The largest absolute Gasteiger partial charge is 0.373 e. The average Bonchev–Trinajstić information content (AvgIpc) is 2.85. The molecule has 1 aliphatic rings. The third-order valence-corrected chi connectivity index (χ3v) is 4.20. The van der Waals surface area contributed by atoms with Gasteiger partial charge in [-0.25, -0.2) is 0 Å². The SMILES string of the molecule is CCCNC(c1cccc(CC(C)C)c1)C1CCC(C)O1. The van der Waals surface area contributed by atoms with Crippen molar-refractivity contribution < 1.29 is 4.74 Å². The van der Waals surface area contributed by atoms with E-state index in [2.05, 4.69) is 57.3 Å². The average molecular weight is 289 g/mol. The highest BCUT2D eigenvalue weighted by Crippen LogP contribution is 2.30. The summed E-state index contributed by atoms with van der Waals surface area (Å²) < 4.78 is 6.13. The van der Waals surface area contributed by atoms with E-state index in [1.54, 1.807) is 0 Å². The second kappa shape index (κ2) is 7.95. The van der Waals surface area contributed by atoms with Gasteiger partial charge in [0.05, 0.1) is 18.2 Å². The maximum atomic E-state index is 6.13. The lowest BCUT2D eigenvalue weighted by Crippen LogP contribution is -2.32. The lowest BCUT2D eigenvalue weighted by Gasteiger charge is -2.26. The highest BCUT2D eigenvalue weighted by Gasteiger charge is 2.30. The van der Waals surface area contributed by atoms with E-state index in [0.717, 1.165) is 25.8 Å². The van der Waals surface area contributed by atoms with E-state index < -0.39 is 0 Å². The third-order valence-electron chi connectivity index (χ3n) is 4.20. The van der Waals surface area contributed by atoms with Gasteiger partial charge < -0.3 is 10.1 Å². The van der Waals surface area contributed by atoms with Crippen LogP contribution in [0.3, 0.4) is 0 Å². The molecule has 0 spiro atoms. The van der Waals surface area contributed by atoms with Crippen LogP contribution in [0.15, 0.2) is 24.3 Å². The molecule has 1 fully saturated rings. The monoisotopic (exact) mass is 289 g/mol. The van der Waals surface area contributed by atoms with Crippen LogP contribution in [0.5, 0.6) is 0 Å². The Balaban J connectivity index is 2.15. The summed E-state index contributed by atoms with van der Waals surface area (Å²) in [5.74, 6) is 0.699. The van der Waals surface area contributed by atoms with Gasteiger partial charge >= 0.3 is 0 Å². The summed E-state index contributed by atoms with van der Waals surface area (Å²) >= 11 is 0. The molecule has 0 aromatic heterocycles.